The molecule has 0 radical (unpaired) electrons. The van der Waals surface area contributed by atoms with Crippen LogP contribution in [0.4, 0.5) is 4.79 Å². The van der Waals surface area contributed by atoms with Crippen molar-refractivity contribution in [3.8, 4) is 0 Å². The molecule has 1 amide bonds. The molecule has 3 nitrogen and oxygen atoms in total. The second-order valence-electron chi connectivity index (χ2n) is 2.27. The molecule has 1 aliphatic carbocycles. The summed E-state index contributed by atoms with van der Waals surface area (Å²) in [6, 6.07) is 0.192. The Morgan fingerprint density at radius 1 is 1.78 bits per heavy atom. The number of carbonyl (C=O) groups is 1. The molecule has 1 aliphatic heterocycles. The molecule has 1 fully saturated rings. The minimum absolute atomic E-state index is 0.192. The minimum Gasteiger partial charge on any atom is -0.413 e. The van der Waals surface area contributed by atoms with Crippen LogP contribution < -0.4 is 5.32 Å². The van der Waals surface area contributed by atoms with E-state index in [0.717, 1.165) is 18.6 Å². The largest absolute Gasteiger partial charge is 0.413 e. The van der Waals surface area contributed by atoms with Gasteiger partial charge in [0.05, 0.1) is 6.04 Å². The van der Waals surface area contributed by atoms with Gasteiger partial charge in [-0.15, -0.1) is 0 Å². The first-order valence-corrected chi connectivity index (χ1v) is 3.04. The highest BCUT2D eigenvalue weighted by Crippen LogP contribution is 2.24. The Morgan fingerprint density at radius 2 is 2.67 bits per heavy atom. The van der Waals surface area contributed by atoms with Crippen LogP contribution in [-0.2, 0) is 4.74 Å². The number of nitrogens with one attached hydrogen (secondary N) is 1. The summed E-state index contributed by atoms with van der Waals surface area (Å²) in [4.78, 5) is 10.5. The average Bonchev–Trinajstić information content (AvgIpc) is 2.22. The lowest BCUT2D eigenvalue weighted by molar-refractivity contribution is 0.195. The predicted molar refractivity (Wildman–Crippen MR) is 30.7 cm³/mol. The van der Waals surface area contributed by atoms with E-state index in [1.807, 2.05) is 6.08 Å². The van der Waals surface area contributed by atoms with Crippen LogP contribution in [-0.4, -0.2) is 12.1 Å². The number of hydrogen-bond donors (Lipinski definition) is 1. The Balaban J connectivity index is 2.24. The molecule has 0 saturated carbocycles. The molecule has 2 rings (SSSR count). The second kappa shape index (κ2) is 1.50. The van der Waals surface area contributed by atoms with Gasteiger partial charge < -0.3 is 10.1 Å². The minimum atomic E-state index is -0.300. The van der Waals surface area contributed by atoms with Crippen molar-refractivity contribution in [2.24, 2.45) is 0 Å². The third kappa shape index (κ3) is 0.608. The van der Waals surface area contributed by atoms with Crippen LogP contribution in [0.2, 0.25) is 0 Å². The van der Waals surface area contributed by atoms with E-state index in [-0.39, 0.29) is 12.1 Å². The first kappa shape index (κ1) is 4.85. The zero-order chi connectivity index (χ0) is 6.27. The van der Waals surface area contributed by atoms with Crippen LogP contribution in [0.1, 0.15) is 12.8 Å². The van der Waals surface area contributed by atoms with Crippen molar-refractivity contribution in [2.45, 2.75) is 18.9 Å². The Kier molecular flexibility index (Phi) is 0.806. The number of amides is 1. The SMILES string of the molecule is O=C1NC2CCC=C2O1. The third-order valence-electron chi connectivity index (χ3n) is 1.65. The molecule has 1 atom stereocenters. The first-order chi connectivity index (χ1) is 4.36. The summed E-state index contributed by atoms with van der Waals surface area (Å²) in [7, 11) is 0. The maximum atomic E-state index is 10.5. The predicted octanol–water partition coefficient (Wildman–Crippen LogP) is 0.772. The van der Waals surface area contributed by atoms with Crippen molar-refractivity contribution in [1.82, 2.24) is 5.32 Å². The fourth-order valence-corrected chi connectivity index (χ4v) is 1.21. The van der Waals surface area contributed by atoms with Crippen molar-refractivity contribution in [3.63, 3.8) is 0 Å². The quantitative estimate of drug-likeness (QED) is 0.519. The van der Waals surface area contributed by atoms with Gasteiger partial charge in [-0.2, -0.15) is 0 Å². The first-order valence-electron chi connectivity index (χ1n) is 3.04. The Hall–Kier alpha value is -0.990. The van der Waals surface area contributed by atoms with E-state index < -0.39 is 0 Å². The van der Waals surface area contributed by atoms with E-state index in [9.17, 15) is 4.79 Å². The van der Waals surface area contributed by atoms with E-state index >= 15 is 0 Å². The number of ether oxygens (including phenoxy) is 1. The fourth-order valence-electron chi connectivity index (χ4n) is 1.21. The number of alkyl carbamates (subject to hydrolysis) is 1. The second-order valence-corrected chi connectivity index (χ2v) is 2.27. The van der Waals surface area contributed by atoms with Crippen LogP contribution in [0.3, 0.4) is 0 Å². The average molecular weight is 125 g/mol. The van der Waals surface area contributed by atoms with E-state index in [2.05, 4.69) is 5.32 Å². The zero-order valence-corrected chi connectivity index (χ0v) is 4.89. The normalized spacial score (nSPS) is 30.9. The molecule has 9 heavy (non-hydrogen) atoms. The highest BCUT2D eigenvalue weighted by Gasteiger charge is 2.30. The summed E-state index contributed by atoms with van der Waals surface area (Å²) in [6.45, 7) is 0. The summed E-state index contributed by atoms with van der Waals surface area (Å²) in [5.74, 6) is 0.819. The van der Waals surface area contributed by atoms with Gasteiger partial charge in [0.1, 0.15) is 5.76 Å². The molecule has 2 aliphatic rings. The van der Waals surface area contributed by atoms with Crippen LogP contribution in [0.5, 0.6) is 0 Å². The van der Waals surface area contributed by atoms with Crippen molar-refractivity contribution < 1.29 is 9.53 Å². The molecule has 0 aromatic carbocycles. The molecule has 0 aromatic rings. The maximum absolute atomic E-state index is 10.5. The Labute approximate surface area is 52.7 Å². The van der Waals surface area contributed by atoms with Crippen LogP contribution >= 0.6 is 0 Å². The monoisotopic (exact) mass is 125 g/mol. The van der Waals surface area contributed by atoms with Crippen LogP contribution in [0, 0.1) is 0 Å². The lowest BCUT2D eigenvalue weighted by Gasteiger charge is -1.96. The van der Waals surface area contributed by atoms with Gasteiger partial charge in [-0.05, 0) is 18.9 Å². The van der Waals surface area contributed by atoms with Gasteiger partial charge in [0.2, 0.25) is 0 Å². The van der Waals surface area contributed by atoms with E-state index in [0.29, 0.717) is 0 Å². The van der Waals surface area contributed by atoms with Crippen molar-refractivity contribution in [3.05, 3.63) is 11.8 Å². The molecule has 0 spiro atoms. The smallest absolute Gasteiger partial charge is 0.412 e. The highest BCUT2D eigenvalue weighted by atomic mass is 16.6. The van der Waals surface area contributed by atoms with Crippen molar-refractivity contribution >= 4 is 6.09 Å². The van der Waals surface area contributed by atoms with Gasteiger partial charge >= 0.3 is 6.09 Å². The number of carbonyl (C=O) groups excluding carboxylic acids is 1. The molecule has 0 aromatic heterocycles. The molecule has 48 valence electrons. The molecule has 3 heteroatoms. The van der Waals surface area contributed by atoms with Gasteiger partial charge in [0.15, 0.2) is 0 Å². The van der Waals surface area contributed by atoms with Crippen molar-refractivity contribution in [2.75, 3.05) is 0 Å². The number of hydrogen-bond acceptors (Lipinski definition) is 2. The maximum Gasteiger partial charge on any atom is 0.412 e. The van der Waals surface area contributed by atoms with Crippen LogP contribution in [0.25, 0.3) is 0 Å². The Bertz CT molecular complexity index is 185. The summed E-state index contributed by atoms with van der Waals surface area (Å²) < 4.78 is 4.80. The van der Waals surface area contributed by atoms with E-state index in [1.165, 1.54) is 0 Å². The lowest BCUT2D eigenvalue weighted by Crippen LogP contribution is -2.23. The lowest BCUT2D eigenvalue weighted by atomic mass is 10.3. The van der Waals surface area contributed by atoms with Gasteiger partial charge in [-0.1, -0.05) is 0 Å². The summed E-state index contributed by atoms with van der Waals surface area (Å²) in [5, 5.41) is 2.69. The van der Waals surface area contributed by atoms with Crippen LogP contribution in [0.15, 0.2) is 11.8 Å². The highest BCUT2D eigenvalue weighted by molar-refractivity contribution is 5.72. The molecule has 0 bridgehead atoms. The van der Waals surface area contributed by atoms with Crippen molar-refractivity contribution in [1.29, 1.82) is 0 Å². The summed E-state index contributed by atoms with van der Waals surface area (Å²) in [5.41, 5.74) is 0. The fraction of sp³-hybridized carbons (Fsp3) is 0.500. The summed E-state index contributed by atoms with van der Waals surface area (Å²) >= 11 is 0. The van der Waals surface area contributed by atoms with Gasteiger partial charge in [-0.25, -0.2) is 4.79 Å². The number of allylic oxidation sites excluding steroid dienone is 1. The standard InChI is InChI=1S/C6H7NO2/c8-6-7-4-2-1-3-5(4)9-6/h3-4H,1-2H2,(H,7,8). The number of fused-ring (bicyclic) bond motifs is 1. The van der Waals surface area contributed by atoms with Gasteiger partial charge in [0.25, 0.3) is 0 Å². The molecular formula is C6H7NO2. The summed E-state index contributed by atoms with van der Waals surface area (Å²) in [6.07, 6.45) is 3.69. The van der Waals surface area contributed by atoms with E-state index in [4.69, 9.17) is 4.74 Å². The third-order valence-corrected chi connectivity index (χ3v) is 1.65. The molecule has 1 heterocycles. The molecule has 1 N–H and O–H groups in total. The molecule has 1 saturated heterocycles. The van der Waals surface area contributed by atoms with Gasteiger partial charge in [0, 0.05) is 0 Å². The Morgan fingerprint density at radius 3 is 3.44 bits per heavy atom. The zero-order valence-electron chi connectivity index (χ0n) is 4.89. The molecule has 1 unspecified atom stereocenters. The number of rotatable bonds is 0. The molecular weight excluding hydrogens is 118 g/mol. The van der Waals surface area contributed by atoms with E-state index in [1.54, 1.807) is 0 Å². The van der Waals surface area contributed by atoms with Gasteiger partial charge in [-0.3, -0.25) is 0 Å². The topological polar surface area (TPSA) is 38.3 Å².